The van der Waals surface area contributed by atoms with E-state index in [-0.39, 0.29) is 23.6 Å². The fourth-order valence-electron chi connectivity index (χ4n) is 1.69. The summed E-state index contributed by atoms with van der Waals surface area (Å²) in [6.45, 7) is 4.52. The molecule has 0 aromatic heterocycles. The first-order valence-electron chi connectivity index (χ1n) is 6.32. The highest BCUT2D eigenvalue weighted by atomic mass is 16.3. The van der Waals surface area contributed by atoms with Crippen molar-refractivity contribution in [1.29, 1.82) is 0 Å². The van der Waals surface area contributed by atoms with Crippen LogP contribution < -0.4 is 11.1 Å². The van der Waals surface area contributed by atoms with Gasteiger partial charge < -0.3 is 16.2 Å². The molecule has 1 rings (SSSR count). The molecular formula is C14H22N2O2. The van der Waals surface area contributed by atoms with Crippen LogP contribution in [0.3, 0.4) is 0 Å². The number of carbonyl (C=O) groups excluding carboxylic acids is 1. The number of rotatable bonds is 6. The van der Waals surface area contributed by atoms with Gasteiger partial charge in [0.05, 0.1) is 6.42 Å². The Kier molecular flexibility index (Phi) is 5.16. The normalized spacial score (nSPS) is 11.3. The van der Waals surface area contributed by atoms with E-state index >= 15 is 0 Å². The van der Waals surface area contributed by atoms with E-state index in [1.54, 1.807) is 18.2 Å². The minimum absolute atomic E-state index is 0.0719. The van der Waals surface area contributed by atoms with E-state index in [0.29, 0.717) is 6.54 Å². The quantitative estimate of drug-likeness (QED) is 0.717. The number of hydrogen-bond donors (Lipinski definition) is 3. The molecule has 0 unspecified atom stereocenters. The molecule has 4 nitrogen and oxygen atoms in total. The molecule has 0 saturated carbocycles. The van der Waals surface area contributed by atoms with Gasteiger partial charge in [0.25, 0.3) is 0 Å². The predicted octanol–water partition coefficient (Wildman–Crippen LogP) is 1.57. The molecule has 0 aliphatic rings. The van der Waals surface area contributed by atoms with Crippen LogP contribution in [0.2, 0.25) is 0 Å². The molecule has 1 amide bonds. The highest BCUT2D eigenvalue weighted by Gasteiger charge is 2.20. The van der Waals surface area contributed by atoms with Gasteiger partial charge in [-0.1, -0.05) is 26.0 Å². The van der Waals surface area contributed by atoms with Gasteiger partial charge in [-0.25, -0.2) is 0 Å². The molecule has 0 bridgehead atoms. The third-order valence-corrected chi connectivity index (χ3v) is 3.32. The number of carbonyl (C=O) groups is 1. The summed E-state index contributed by atoms with van der Waals surface area (Å²) in [7, 11) is 0. The molecule has 0 saturated heterocycles. The predicted molar refractivity (Wildman–Crippen MR) is 72.3 cm³/mol. The molecular weight excluding hydrogens is 228 g/mol. The van der Waals surface area contributed by atoms with Crippen LogP contribution in [0.25, 0.3) is 0 Å². The molecule has 4 heteroatoms. The Morgan fingerprint density at radius 3 is 2.61 bits per heavy atom. The Labute approximate surface area is 108 Å². The average Bonchev–Trinajstić information content (AvgIpc) is 2.36. The minimum atomic E-state index is -0.325. The minimum Gasteiger partial charge on any atom is -0.508 e. The maximum Gasteiger partial charge on any atom is 0.224 e. The molecule has 4 N–H and O–H groups in total. The van der Waals surface area contributed by atoms with Crippen molar-refractivity contribution in [3.05, 3.63) is 29.8 Å². The van der Waals surface area contributed by atoms with Gasteiger partial charge in [-0.15, -0.1) is 0 Å². The van der Waals surface area contributed by atoms with Gasteiger partial charge in [-0.3, -0.25) is 4.79 Å². The van der Waals surface area contributed by atoms with Crippen molar-refractivity contribution in [1.82, 2.24) is 5.32 Å². The van der Waals surface area contributed by atoms with Crippen LogP contribution in [0.5, 0.6) is 5.75 Å². The van der Waals surface area contributed by atoms with Crippen LogP contribution in [0.15, 0.2) is 24.3 Å². The van der Waals surface area contributed by atoms with Crippen LogP contribution in [0.1, 0.15) is 32.3 Å². The second kappa shape index (κ2) is 6.40. The fourth-order valence-corrected chi connectivity index (χ4v) is 1.69. The van der Waals surface area contributed by atoms with E-state index in [4.69, 9.17) is 5.73 Å². The summed E-state index contributed by atoms with van der Waals surface area (Å²) in [5.74, 6) is 0.105. The molecule has 0 aliphatic heterocycles. The van der Waals surface area contributed by atoms with E-state index in [1.807, 2.05) is 19.9 Å². The molecule has 0 radical (unpaired) electrons. The van der Waals surface area contributed by atoms with E-state index in [2.05, 4.69) is 5.32 Å². The summed E-state index contributed by atoms with van der Waals surface area (Å²) in [5, 5.41) is 12.2. The van der Waals surface area contributed by atoms with Crippen LogP contribution in [-0.4, -0.2) is 23.1 Å². The molecule has 0 aliphatic carbocycles. The molecule has 1 aromatic carbocycles. The number of phenolic OH excluding ortho intramolecular Hbond substituents is 1. The Morgan fingerprint density at radius 2 is 2.06 bits per heavy atom. The lowest BCUT2D eigenvalue weighted by Crippen LogP contribution is -2.49. The summed E-state index contributed by atoms with van der Waals surface area (Å²) in [6, 6.07) is 6.72. The van der Waals surface area contributed by atoms with E-state index in [1.165, 1.54) is 0 Å². The summed E-state index contributed by atoms with van der Waals surface area (Å²) >= 11 is 0. The van der Waals surface area contributed by atoms with Crippen molar-refractivity contribution in [2.45, 2.75) is 38.6 Å². The van der Waals surface area contributed by atoms with Gasteiger partial charge in [-0.05, 0) is 30.5 Å². The van der Waals surface area contributed by atoms with E-state index < -0.39 is 0 Å². The maximum absolute atomic E-state index is 11.8. The number of benzene rings is 1. The lowest BCUT2D eigenvalue weighted by atomic mass is 9.94. The third kappa shape index (κ3) is 4.37. The van der Waals surface area contributed by atoms with Gasteiger partial charge in [-0.2, -0.15) is 0 Å². The topological polar surface area (TPSA) is 75.3 Å². The molecule has 0 atom stereocenters. The first-order valence-corrected chi connectivity index (χ1v) is 6.32. The van der Waals surface area contributed by atoms with Crippen molar-refractivity contribution < 1.29 is 9.90 Å². The maximum atomic E-state index is 11.8. The number of amides is 1. The second-order valence-electron chi connectivity index (χ2n) is 4.69. The average molecular weight is 250 g/mol. The Hall–Kier alpha value is -1.55. The van der Waals surface area contributed by atoms with E-state index in [0.717, 1.165) is 18.4 Å². The van der Waals surface area contributed by atoms with E-state index in [9.17, 15) is 9.90 Å². The largest absolute Gasteiger partial charge is 0.508 e. The standard InChI is InChI=1S/C14H22N2O2/c1-3-14(15,4-2)10-16-13(18)9-11-6-5-7-12(17)8-11/h5-8,17H,3-4,9-10,15H2,1-2H3,(H,16,18). The van der Waals surface area contributed by atoms with Crippen LogP contribution in [-0.2, 0) is 11.2 Å². The lowest BCUT2D eigenvalue weighted by Gasteiger charge is -2.26. The molecule has 100 valence electrons. The molecule has 0 fully saturated rings. The molecule has 0 heterocycles. The number of aromatic hydroxyl groups is 1. The number of hydrogen-bond acceptors (Lipinski definition) is 3. The zero-order valence-electron chi connectivity index (χ0n) is 11.1. The third-order valence-electron chi connectivity index (χ3n) is 3.32. The zero-order valence-corrected chi connectivity index (χ0v) is 11.1. The molecule has 1 aromatic rings. The smallest absolute Gasteiger partial charge is 0.224 e. The van der Waals surface area contributed by atoms with Crippen molar-refractivity contribution >= 4 is 5.91 Å². The van der Waals surface area contributed by atoms with Crippen molar-refractivity contribution in [2.75, 3.05) is 6.54 Å². The molecule has 18 heavy (non-hydrogen) atoms. The van der Waals surface area contributed by atoms with Gasteiger partial charge in [0.1, 0.15) is 5.75 Å². The summed E-state index contributed by atoms with van der Waals surface area (Å²) < 4.78 is 0. The Bertz CT molecular complexity index is 401. The highest BCUT2D eigenvalue weighted by Crippen LogP contribution is 2.12. The summed E-state index contributed by atoms with van der Waals surface area (Å²) in [6.07, 6.45) is 1.92. The van der Waals surface area contributed by atoms with Crippen LogP contribution in [0, 0.1) is 0 Å². The van der Waals surface area contributed by atoms with Crippen molar-refractivity contribution in [3.63, 3.8) is 0 Å². The van der Waals surface area contributed by atoms with Crippen LogP contribution in [0.4, 0.5) is 0 Å². The number of nitrogens with two attached hydrogens (primary N) is 1. The number of phenols is 1. The molecule has 0 spiro atoms. The zero-order chi connectivity index (χ0) is 13.6. The monoisotopic (exact) mass is 250 g/mol. The van der Waals surface area contributed by atoms with Gasteiger partial charge >= 0.3 is 0 Å². The number of nitrogens with one attached hydrogen (secondary N) is 1. The summed E-state index contributed by atoms with van der Waals surface area (Å²) in [5.41, 5.74) is 6.58. The lowest BCUT2D eigenvalue weighted by molar-refractivity contribution is -0.120. The van der Waals surface area contributed by atoms with Gasteiger partial charge in [0.2, 0.25) is 5.91 Å². The SMILES string of the molecule is CCC(N)(CC)CNC(=O)Cc1cccc(O)c1. The van der Waals surface area contributed by atoms with Crippen LogP contribution >= 0.6 is 0 Å². The Morgan fingerprint density at radius 1 is 1.39 bits per heavy atom. The Balaban J connectivity index is 2.47. The summed E-state index contributed by atoms with van der Waals surface area (Å²) in [4.78, 5) is 11.8. The van der Waals surface area contributed by atoms with Gasteiger partial charge in [0.15, 0.2) is 0 Å². The van der Waals surface area contributed by atoms with Crippen molar-refractivity contribution in [2.24, 2.45) is 5.73 Å². The first kappa shape index (κ1) is 14.5. The second-order valence-corrected chi connectivity index (χ2v) is 4.69. The van der Waals surface area contributed by atoms with Crippen molar-refractivity contribution in [3.8, 4) is 5.75 Å². The fraction of sp³-hybridized carbons (Fsp3) is 0.500. The highest BCUT2D eigenvalue weighted by molar-refractivity contribution is 5.78. The first-order chi connectivity index (χ1) is 8.49. The van der Waals surface area contributed by atoms with Gasteiger partial charge in [0, 0.05) is 12.1 Å².